The van der Waals surface area contributed by atoms with Crippen LogP contribution in [0.2, 0.25) is 0 Å². The lowest BCUT2D eigenvalue weighted by molar-refractivity contribution is 0.112. The van der Waals surface area contributed by atoms with Crippen LogP contribution < -0.4 is 0 Å². The average Bonchev–Trinajstić information content (AvgIpc) is 2.17. The minimum absolute atomic E-state index is 0.766. The largest absolute Gasteiger partial charge is 0.309 e. The molecule has 82 valence electrons. The fourth-order valence-electron chi connectivity index (χ4n) is 1.07. The highest BCUT2D eigenvalue weighted by Crippen LogP contribution is 2.25. The van der Waals surface area contributed by atoms with Gasteiger partial charge in [-0.2, -0.15) is 0 Å². The maximum Gasteiger partial charge on any atom is 0.151 e. The molecule has 0 saturated heterocycles. The summed E-state index contributed by atoms with van der Waals surface area (Å²) in [6.07, 6.45) is 0.907. The zero-order chi connectivity index (χ0) is 11.3. The molecule has 1 aromatic rings. The minimum atomic E-state index is 0.766. The number of thioether (sulfide) groups is 1. The molecule has 1 rings (SSSR count). The van der Waals surface area contributed by atoms with Gasteiger partial charge in [-0.25, -0.2) is 0 Å². The molecule has 0 saturated carbocycles. The Labute approximate surface area is 103 Å². The molecule has 0 heterocycles. The zero-order valence-electron chi connectivity index (χ0n) is 8.87. The fraction of sp³-hybridized carbons (Fsp3) is 0.364. The molecule has 0 bridgehead atoms. The maximum absolute atomic E-state index is 10.8. The van der Waals surface area contributed by atoms with Gasteiger partial charge < -0.3 is 4.90 Å². The Morgan fingerprint density at radius 3 is 2.80 bits per heavy atom. The smallest absolute Gasteiger partial charge is 0.151 e. The van der Waals surface area contributed by atoms with Crippen LogP contribution in [0.4, 0.5) is 0 Å². The third-order valence-corrected chi connectivity index (χ3v) is 3.44. The van der Waals surface area contributed by atoms with Gasteiger partial charge in [-0.3, -0.25) is 4.79 Å². The van der Waals surface area contributed by atoms with Crippen LogP contribution in [0.3, 0.4) is 0 Å². The number of carbonyl (C=O) groups is 1. The van der Waals surface area contributed by atoms with Crippen molar-refractivity contribution < 1.29 is 4.79 Å². The van der Waals surface area contributed by atoms with E-state index in [0.29, 0.717) is 0 Å². The predicted molar refractivity (Wildman–Crippen MR) is 68.8 cm³/mol. The summed E-state index contributed by atoms with van der Waals surface area (Å²) < 4.78 is 1.01. The second-order valence-electron chi connectivity index (χ2n) is 3.45. The number of halogens is 1. The highest BCUT2D eigenvalue weighted by molar-refractivity contribution is 9.10. The first-order valence-electron chi connectivity index (χ1n) is 4.65. The first kappa shape index (κ1) is 12.7. The van der Waals surface area contributed by atoms with Gasteiger partial charge in [0, 0.05) is 27.2 Å². The van der Waals surface area contributed by atoms with Crippen LogP contribution in [0, 0.1) is 0 Å². The summed E-state index contributed by atoms with van der Waals surface area (Å²) in [6.45, 7) is 1.01. The van der Waals surface area contributed by atoms with Crippen molar-refractivity contribution in [2.45, 2.75) is 4.90 Å². The summed E-state index contributed by atoms with van der Waals surface area (Å²) in [5.74, 6) is 0.990. The van der Waals surface area contributed by atoms with Crippen molar-refractivity contribution in [3.8, 4) is 0 Å². The van der Waals surface area contributed by atoms with Gasteiger partial charge in [0.05, 0.1) is 0 Å². The number of hydrogen-bond donors (Lipinski definition) is 0. The van der Waals surface area contributed by atoms with Gasteiger partial charge in [-0.05, 0) is 32.3 Å². The summed E-state index contributed by atoms with van der Waals surface area (Å²) >= 11 is 5.12. The number of carbonyl (C=O) groups excluding carboxylic acids is 1. The Balaban J connectivity index is 2.66. The van der Waals surface area contributed by atoms with Gasteiger partial charge in [0.2, 0.25) is 0 Å². The molecule has 2 nitrogen and oxygen atoms in total. The summed E-state index contributed by atoms with van der Waals surface area (Å²) in [5, 5.41) is 0. The summed E-state index contributed by atoms with van der Waals surface area (Å²) in [6, 6.07) is 5.72. The number of hydrogen-bond acceptors (Lipinski definition) is 3. The lowest BCUT2D eigenvalue weighted by Crippen LogP contribution is -2.14. The molecule has 0 atom stereocenters. The van der Waals surface area contributed by atoms with Crippen molar-refractivity contribution in [1.82, 2.24) is 4.90 Å². The third kappa shape index (κ3) is 4.36. The number of aldehydes is 1. The van der Waals surface area contributed by atoms with Gasteiger partial charge in [-0.15, -0.1) is 11.8 Å². The van der Waals surface area contributed by atoms with E-state index < -0.39 is 0 Å². The van der Waals surface area contributed by atoms with Gasteiger partial charge >= 0.3 is 0 Å². The van der Waals surface area contributed by atoms with Crippen LogP contribution in [0.15, 0.2) is 27.6 Å². The van der Waals surface area contributed by atoms with Gasteiger partial charge in [0.15, 0.2) is 6.29 Å². The molecule has 0 aliphatic carbocycles. The van der Waals surface area contributed by atoms with E-state index in [0.717, 1.165) is 33.5 Å². The van der Waals surface area contributed by atoms with Crippen molar-refractivity contribution in [1.29, 1.82) is 0 Å². The molecule has 0 aliphatic heterocycles. The molecule has 1 aromatic carbocycles. The van der Waals surface area contributed by atoms with E-state index in [4.69, 9.17) is 0 Å². The highest BCUT2D eigenvalue weighted by Gasteiger charge is 2.03. The molecular formula is C11H14BrNOS. The Bertz CT molecular complexity index is 341. The number of benzene rings is 1. The number of rotatable bonds is 5. The summed E-state index contributed by atoms with van der Waals surface area (Å²) in [4.78, 5) is 14.0. The van der Waals surface area contributed by atoms with E-state index in [1.807, 2.05) is 32.3 Å². The van der Waals surface area contributed by atoms with E-state index in [-0.39, 0.29) is 0 Å². The average molecular weight is 288 g/mol. The van der Waals surface area contributed by atoms with Gasteiger partial charge in [0.25, 0.3) is 0 Å². The lowest BCUT2D eigenvalue weighted by Gasteiger charge is -2.09. The molecule has 4 heteroatoms. The van der Waals surface area contributed by atoms with Crippen LogP contribution in [0.5, 0.6) is 0 Å². The third-order valence-electron chi connectivity index (χ3n) is 1.90. The van der Waals surface area contributed by atoms with E-state index in [1.54, 1.807) is 11.8 Å². The van der Waals surface area contributed by atoms with Crippen LogP contribution in [0.25, 0.3) is 0 Å². The highest BCUT2D eigenvalue weighted by atomic mass is 79.9. The second kappa shape index (κ2) is 6.30. The standard InChI is InChI=1S/C11H14BrNOS/c1-13(2)5-6-15-11-7-10(12)4-3-9(11)8-14/h3-4,7-8H,5-6H2,1-2H3. The van der Waals surface area contributed by atoms with Crippen LogP contribution >= 0.6 is 27.7 Å². The molecule has 0 radical (unpaired) electrons. The molecular weight excluding hydrogens is 274 g/mol. The zero-order valence-corrected chi connectivity index (χ0v) is 11.3. The molecule has 0 aliphatic rings. The molecule has 0 unspecified atom stereocenters. The lowest BCUT2D eigenvalue weighted by atomic mass is 10.2. The Hall–Kier alpha value is -0.320. The number of nitrogens with zero attached hydrogens (tertiary/aromatic N) is 1. The minimum Gasteiger partial charge on any atom is -0.309 e. The van der Waals surface area contributed by atoms with E-state index in [2.05, 4.69) is 20.8 Å². The normalized spacial score (nSPS) is 10.7. The molecule has 0 amide bonds. The monoisotopic (exact) mass is 287 g/mol. The fourth-order valence-corrected chi connectivity index (χ4v) is 2.75. The van der Waals surface area contributed by atoms with Gasteiger partial charge in [0.1, 0.15) is 0 Å². The second-order valence-corrected chi connectivity index (χ2v) is 5.50. The van der Waals surface area contributed by atoms with Crippen molar-refractivity contribution in [2.75, 3.05) is 26.4 Å². The van der Waals surface area contributed by atoms with Crippen molar-refractivity contribution in [3.63, 3.8) is 0 Å². The molecule has 0 N–H and O–H groups in total. The van der Waals surface area contributed by atoms with Crippen molar-refractivity contribution in [2.24, 2.45) is 0 Å². The Kier molecular flexibility index (Phi) is 5.36. The quantitative estimate of drug-likeness (QED) is 0.614. The van der Waals surface area contributed by atoms with E-state index in [9.17, 15) is 4.79 Å². The SMILES string of the molecule is CN(C)CCSc1cc(Br)ccc1C=O. The Morgan fingerprint density at radius 1 is 1.47 bits per heavy atom. The molecule has 0 spiro atoms. The van der Waals surface area contributed by atoms with Crippen molar-refractivity contribution in [3.05, 3.63) is 28.2 Å². The maximum atomic E-state index is 10.8. The first-order chi connectivity index (χ1) is 7.13. The predicted octanol–water partition coefficient (Wildman–Crippen LogP) is 2.92. The van der Waals surface area contributed by atoms with Crippen molar-refractivity contribution >= 4 is 34.0 Å². The summed E-state index contributed by atoms with van der Waals surface area (Å²) in [5.41, 5.74) is 0.766. The van der Waals surface area contributed by atoms with Crippen LogP contribution in [0.1, 0.15) is 10.4 Å². The van der Waals surface area contributed by atoms with Gasteiger partial charge in [-0.1, -0.05) is 15.9 Å². The summed E-state index contributed by atoms with van der Waals surface area (Å²) in [7, 11) is 4.09. The van der Waals surface area contributed by atoms with E-state index >= 15 is 0 Å². The van der Waals surface area contributed by atoms with Crippen LogP contribution in [-0.2, 0) is 0 Å². The topological polar surface area (TPSA) is 20.3 Å². The molecule has 0 fully saturated rings. The molecule has 0 aromatic heterocycles. The first-order valence-corrected chi connectivity index (χ1v) is 6.43. The van der Waals surface area contributed by atoms with E-state index in [1.165, 1.54) is 0 Å². The molecule has 15 heavy (non-hydrogen) atoms. The Morgan fingerprint density at radius 2 is 2.20 bits per heavy atom. The van der Waals surface area contributed by atoms with Crippen LogP contribution in [-0.4, -0.2) is 37.6 Å².